The van der Waals surface area contributed by atoms with Gasteiger partial charge in [-0.15, -0.1) is 0 Å². The Bertz CT molecular complexity index is 41.2. The Labute approximate surface area is 69.0 Å². The van der Waals surface area contributed by atoms with Gasteiger partial charge in [0.2, 0.25) is 0 Å². The van der Waals surface area contributed by atoms with Crippen LogP contribution in [-0.2, 0) is 26.6 Å². The van der Waals surface area contributed by atoms with Crippen LogP contribution >= 0.6 is 22.4 Å². The molecule has 0 aliphatic heterocycles. The van der Waals surface area contributed by atoms with E-state index in [2.05, 4.69) is 0 Å². The van der Waals surface area contributed by atoms with Crippen LogP contribution in [0.5, 0.6) is 0 Å². The van der Waals surface area contributed by atoms with Gasteiger partial charge in [-0.05, 0) is 1.34 Å². The predicted molar refractivity (Wildman–Crippen MR) is 33.2 cm³/mol. The first kappa shape index (κ1) is 10.8. The van der Waals surface area contributed by atoms with E-state index in [9.17, 15) is 0 Å². The summed E-state index contributed by atoms with van der Waals surface area (Å²) in [7, 11) is 0. The molecule has 0 saturated heterocycles. The molecule has 0 rings (SSSR count). The van der Waals surface area contributed by atoms with Crippen molar-refractivity contribution in [3.05, 3.63) is 0 Å². The summed E-state index contributed by atoms with van der Waals surface area (Å²) in [6.07, 6.45) is 1.50. The maximum atomic E-state index is 8.68. The van der Waals surface area contributed by atoms with E-state index in [0.717, 1.165) is 0 Å². The van der Waals surface area contributed by atoms with Crippen molar-refractivity contribution in [2.24, 2.45) is 0 Å². The molecule has 0 heterocycles. The van der Waals surface area contributed by atoms with Crippen LogP contribution in [0.15, 0.2) is 0 Å². The predicted octanol–water partition coefficient (Wildman–Crippen LogP) is 0.232. The molecule has 0 aliphatic carbocycles. The second-order valence-electron chi connectivity index (χ2n) is 0.204. The minimum atomic E-state index is 0.125. The quantitative estimate of drug-likeness (QED) is 0.356. The van der Waals surface area contributed by atoms with Crippen molar-refractivity contribution < 1.29 is 26.6 Å². The Morgan fingerprint density at radius 2 is 2.00 bits per heavy atom. The number of rotatable bonds is 0. The number of hydrogen-bond donors (Lipinski definition) is 0. The molecule has 0 aromatic heterocycles. The average molecular weight is 264 g/mol. The summed E-state index contributed by atoms with van der Waals surface area (Å²) in [6, 6.07) is 0. The zero-order valence-electron chi connectivity index (χ0n) is 4.98. The van der Waals surface area contributed by atoms with Crippen LogP contribution in [0.2, 0.25) is 0 Å². The van der Waals surface area contributed by atoms with Crippen LogP contribution in [0.25, 0.3) is 0 Å². The summed E-state index contributed by atoms with van der Waals surface area (Å²) in [5, 5.41) is 0. The fourth-order valence-electron chi connectivity index (χ4n) is 0. The van der Waals surface area contributed by atoms with Crippen molar-refractivity contribution in [1.82, 2.24) is 0 Å². The first-order valence-corrected chi connectivity index (χ1v) is 3.67. The van der Waals surface area contributed by atoms with Gasteiger partial charge in [0.05, 0.1) is 0 Å². The van der Waals surface area contributed by atoms with Crippen molar-refractivity contribution in [1.29, 1.82) is 1.34 Å². The van der Waals surface area contributed by atoms with Gasteiger partial charge in [-0.2, -0.15) is 29.3 Å². The van der Waals surface area contributed by atoms with Gasteiger partial charge in [0.1, 0.15) is 0 Å². The molecular formula is C2H4BIO2Zn-. The average Bonchev–Trinajstić information content (AvgIpc) is 1.75. The molecule has 1 radical (unpaired) electrons. The van der Waals surface area contributed by atoms with Crippen LogP contribution in [0.3, 0.4) is 0 Å². The monoisotopic (exact) mass is 263 g/mol. The molecule has 0 aliphatic rings. The van der Waals surface area contributed by atoms with Crippen molar-refractivity contribution in [3.63, 3.8) is 0 Å². The van der Waals surface area contributed by atoms with Gasteiger partial charge in [0.15, 0.2) is 5.67 Å². The third-order valence-corrected chi connectivity index (χ3v) is 0. The SMILES string of the molecule is C[C-]=O.[2H][B]I.[O]=[Zn]. The third kappa shape index (κ3) is 209. The summed E-state index contributed by atoms with van der Waals surface area (Å²) in [6.45, 7) is 1.32. The summed E-state index contributed by atoms with van der Waals surface area (Å²) in [5.74, 6) is 0. The van der Waals surface area contributed by atoms with Crippen LogP contribution < -0.4 is 0 Å². The second kappa shape index (κ2) is 67.0. The van der Waals surface area contributed by atoms with Gasteiger partial charge in [0, 0.05) is 0 Å². The molecule has 0 unspecified atom stereocenters. The fourth-order valence-corrected chi connectivity index (χ4v) is 0. The molecule has 0 aromatic carbocycles. The van der Waals surface area contributed by atoms with Crippen molar-refractivity contribution in [3.8, 4) is 0 Å². The van der Waals surface area contributed by atoms with Gasteiger partial charge in [-0.1, -0.05) is 0 Å². The van der Waals surface area contributed by atoms with E-state index < -0.39 is 0 Å². The molecule has 7 heavy (non-hydrogen) atoms. The Hall–Kier alpha value is 0.888. The Morgan fingerprint density at radius 3 is 2.00 bits per heavy atom. The second-order valence-corrected chi connectivity index (χ2v) is 0.204. The summed E-state index contributed by atoms with van der Waals surface area (Å²) in [4.78, 5) is 8.68. The Morgan fingerprint density at radius 1 is 2.00 bits per heavy atom. The molecule has 37 valence electrons. The van der Waals surface area contributed by atoms with Crippen LogP contribution in [-0.4, -0.2) is 13.3 Å². The van der Waals surface area contributed by atoms with E-state index in [1.165, 1.54) is 18.9 Å². The number of carbonyl (C=O) groups excluding carboxylic acids is 1. The molecule has 2 nitrogen and oxygen atoms in total. The van der Waals surface area contributed by atoms with Crippen LogP contribution in [0.1, 0.15) is 6.92 Å². The topological polar surface area (TPSA) is 34.1 Å². The van der Waals surface area contributed by atoms with Crippen LogP contribution in [0.4, 0.5) is 0 Å². The standard InChI is InChI=1S/C2H3O.BHI.O.Zn/c1-2-3;1-2;;/h1H3;1H;;/q-1;;;/i;1D;;. The number of halogens is 1. The zero-order chi connectivity index (χ0) is 7.41. The van der Waals surface area contributed by atoms with Gasteiger partial charge in [-0.25, -0.2) is 0 Å². The molecule has 0 amide bonds. The third-order valence-electron chi connectivity index (χ3n) is 0. The summed E-state index contributed by atoms with van der Waals surface area (Å²) in [5.41, 5.74) is 1.22. The molecule has 0 N–H and O–H groups in total. The molecule has 0 fully saturated rings. The summed E-state index contributed by atoms with van der Waals surface area (Å²) >= 11 is 1.96. The van der Waals surface area contributed by atoms with E-state index in [0.29, 0.717) is 0 Å². The van der Waals surface area contributed by atoms with E-state index in [4.69, 9.17) is 9.70 Å². The minimum absolute atomic E-state index is 0.125. The van der Waals surface area contributed by atoms with Crippen molar-refractivity contribution in [2.45, 2.75) is 6.92 Å². The summed E-state index contributed by atoms with van der Waals surface area (Å²) < 4.78 is 14.4. The fraction of sp³-hybridized carbons (Fsp3) is 0.500. The normalized spacial score (nSPS) is 4.86. The van der Waals surface area contributed by atoms with E-state index in [1.807, 2.05) is 22.4 Å². The molecule has 0 atom stereocenters. The van der Waals surface area contributed by atoms with Crippen molar-refractivity contribution in [2.75, 3.05) is 0 Å². The molecule has 0 saturated carbocycles. The first-order valence-electron chi connectivity index (χ1n) is 1.79. The van der Waals surface area contributed by atoms with E-state index in [-0.39, 0.29) is 18.3 Å². The van der Waals surface area contributed by atoms with E-state index in [1.54, 1.807) is 0 Å². The Balaban J connectivity index is -0.0000000483. The molecule has 0 spiro atoms. The van der Waals surface area contributed by atoms with Crippen molar-refractivity contribution >= 4 is 34.3 Å². The van der Waals surface area contributed by atoms with Gasteiger partial charge in [0.25, 0.3) is 0 Å². The van der Waals surface area contributed by atoms with Gasteiger partial charge in [-0.3, -0.25) is 6.29 Å². The van der Waals surface area contributed by atoms with E-state index >= 15 is 0 Å². The molecular weight excluding hydrogens is 259 g/mol. The zero-order valence-corrected chi connectivity index (χ0v) is 9.10. The molecule has 0 bridgehead atoms. The Kier molecular flexibility index (Phi) is 103. The molecule has 5 heteroatoms. The maximum absolute atomic E-state index is 8.68. The van der Waals surface area contributed by atoms with Crippen LogP contribution in [0, 0.1) is 0 Å². The van der Waals surface area contributed by atoms with Gasteiger partial charge < -0.3 is 4.79 Å². The first-order chi connectivity index (χ1) is 3.83. The molecule has 0 aromatic rings. The number of hydrogen-bond acceptors (Lipinski definition) is 2. The van der Waals surface area contributed by atoms with Gasteiger partial charge >= 0.3 is 21.8 Å².